The summed E-state index contributed by atoms with van der Waals surface area (Å²) in [4.78, 5) is 11.4. The van der Waals surface area contributed by atoms with Crippen LogP contribution < -0.4 is 5.73 Å². The van der Waals surface area contributed by atoms with E-state index in [1.54, 1.807) is 11.3 Å². The Bertz CT molecular complexity index is 986. The molecule has 0 saturated heterocycles. The summed E-state index contributed by atoms with van der Waals surface area (Å²) in [5, 5.41) is 2.92. The van der Waals surface area contributed by atoms with E-state index in [2.05, 4.69) is 18.8 Å². The highest BCUT2D eigenvalue weighted by Crippen LogP contribution is 2.40. The van der Waals surface area contributed by atoms with E-state index < -0.39 is 0 Å². The molecule has 1 aliphatic heterocycles. The number of halogens is 2. The lowest BCUT2D eigenvalue weighted by molar-refractivity contribution is 0.00203. The molecule has 1 aliphatic rings. The normalized spacial score (nSPS) is 16.9. The van der Waals surface area contributed by atoms with Gasteiger partial charge in [0.1, 0.15) is 10.6 Å². The average molecular weight is 440 g/mol. The maximum atomic E-state index is 6.33. The molecule has 0 saturated carbocycles. The quantitative estimate of drug-likeness (QED) is 0.400. The third-order valence-electron chi connectivity index (χ3n) is 4.73. The molecule has 3 aromatic rings. The maximum absolute atomic E-state index is 6.33. The third-order valence-corrected chi connectivity index (χ3v) is 7.41. The van der Waals surface area contributed by atoms with Crippen LogP contribution in [0.1, 0.15) is 29.9 Å². The van der Waals surface area contributed by atoms with Gasteiger partial charge in [0.2, 0.25) is 0 Å². The van der Waals surface area contributed by atoms with Gasteiger partial charge in [-0.2, -0.15) is 0 Å². The Morgan fingerprint density at radius 2 is 2.04 bits per heavy atom. The van der Waals surface area contributed by atoms with Crippen LogP contribution in [0.2, 0.25) is 10.0 Å². The van der Waals surface area contributed by atoms with Crippen molar-refractivity contribution in [3.8, 4) is 0 Å². The number of nitrogen functional groups attached to an aromatic ring is 1. The van der Waals surface area contributed by atoms with Crippen LogP contribution in [-0.4, -0.2) is 16.1 Å². The van der Waals surface area contributed by atoms with Crippen molar-refractivity contribution in [2.75, 3.05) is 5.73 Å². The van der Waals surface area contributed by atoms with Crippen molar-refractivity contribution in [2.45, 2.75) is 43.9 Å². The number of nitrogens with zero attached hydrogens (tertiary/aromatic N) is 2. The van der Waals surface area contributed by atoms with E-state index in [4.69, 9.17) is 38.7 Å². The first kappa shape index (κ1) is 19.3. The van der Waals surface area contributed by atoms with Crippen molar-refractivity contribution in [3.63, 3.8) is 0 Å². The monoisotopic (exact) mass is 439 g/mol. The van der Waals surface area contributed by atoms with Gasteiger partial charge in [0.05, 0.1) is 18.1 Å². The summed E-state index contributed by atoms with van der Waals surface area (Å²) < 4.78 is 5.98. The molecule has 0 unspecified atom stereocenters. The zero-order valence-corrected chi connectivity index (χ0v) is 18.1. The number of ether oxygens (including phenoxy) is 1. The molecule has 2 aromatic heterocycles. The second kappa shape index (κ2) is 7.76. The summed E-state index contributed by atoms with van der Waals surface area (Å²) in [6.07, 6.45) is 1.08. The Morgan fingerprint density at radius 3 is 2.74 bits per heavy atom. The van der Waals surface area contributed by atoms with E-state index in [9.17, 15) is 0 Å². The molecule has 4 nitrogen and oxygen atoms in total. The van der Waals surface area contributed by atoms with E-state index >= 15 is 0 Å². The van der Waals surface area contributed by atoms with Gasteiger partial charge in [0.15, 0.2) is 5.16 Å². The van der Waals surface area contributed by atoms with E-state index in [-0.39, 0.29) is 6.10 Å². The van der Waals surface area contributed by atoms with Gasteiger partial charge in [0.25, 0.3) is 0 Å². The molecule has 27 heavy (non-hydrogen) atoms. The smallest absolute Gasteiger partial charge is 0.191 e. The summed E-state index contributed by atoms with van der Waals surface area (Å²) in [7, 11) is 0. The lowest BCUT2D eigenvalue weighted by Gasteiger charge is -2.26. The number of rotatable bonds is 4. The average Bonchev–Trinajstić information content (AvgIpc) is 2.99. The molecule has 4 rings (SSSR count). The van der Waals surface area contributed by atoms with Crippen LogP contribution in [0.25, 0.3) is 10.2 Å². The minimum absolute atomic E-state index is 0.214. The number of aromatic nitrogens is 2. The Morgan fingerprint density at radius 1 is 1.30 bits per heavy atom. The number of hydrogen-bond acceptors (Lipinski definition) is 6. The Labute approximate surface area is 176 Å². The Balaban J connectivity index is 1.63. The molecule has 1 aromatic carbocycles. The van der Waals surface area contributed by atoms with Gasteiger partial charge in [0, 0.05) is 27.1 Å². The first-order chi connectivity index (χ1) is 12.9. The van der Waals surface area contributed by atoms with E-state index in [1.807, 2.05) is 18.2 Å². The number of benzene rings is 1. The van der Waals surface area contributed by atoms with Crippen molar-refractivity contribution in [2.24, 2.45) is 5.92 Å². The van der Waals surface area contributed by atoms with Crippen molar-refractivity contribution >= 4 is 62.3 Å². The van der Waals surface area contributed by atoms with Crippen LogP contribution >= 0.6 is 46.3 Å². The molecule has 0 bridgehead atoms. The molecular formula is C19H19Cl2N3OS2. The molecule has 2 N–H and O–H groups in total. The maximum Gasteiger partial charge on any atom is 0.191 e. The third kappa shape index (κ3) is 3.78. The highest BCUT2D eigenvalue weighted by Gasteiger charge is 2.27. The number of hydrogen-bond donors (Lipinski definition) is 1. The molecule has 3 heterocycles. The second-order valence-electron chi connectivity index (χ2n) is 6.86. The number of thioether (sulfide) groups is 1. The van der Waals surface area contributed by atoms with Crippen LogP contribution in [0.4, 0.5) is 5.82 Å². The van der Waals surface area contributed by atoms with Gasteiger partial charge < -0.3 is 10.5 Å². The Hall–Kier alpha value is -1.05. The van der Waals surface area contributed by atoms with Crippen molar-refractivity contribution in [3.05, 3.63) is 44.2 Å². The number of fused-ring (bicyclic) bond motifs is 3. The molecule has 0 fully saturated rings. The van der Waals surface area contributed by atoms with Gasteiger partial charge in [-0.15, -0.1) is 11.3 Å². The number of thiophene rings is 1. The molecule has 142 valence electrons. The zero-order valence-electron chi connectivity index (χ0n) is 15.0. The highest BCUT2D eigenvalue weighted by molar-refractivity contribution is 7.98. The second-order valence-corrected chi connectivity index (χ2v) is 9.70. The van der Waals surface area contributed by atoms with Gasteiger partial charge >= 0.3 is 0 Å². The SMILES string of the molecule is CC(C)[C@H]1Cc2c(sc3nc(SCc4c(Cl)cccc4Cl)nc(N)c23)CO1. The van der Waals surface area contributed by atoms with E-state index in [0.29, 0.717) is 39.3 Å². The fourth-order valence-corrected chi connectivity index (χ4v) is 5.97. The molecule has 0 radical (unpaired) electrons. The summed E-state index contributed by atoms with van der Waals surface area (Å²) in [5.41, 5.74) is 8.46. The first-order valence-electron chi connectivity index (χ1n) is 8.69. The molecule has 1 atom stereocenters. The van der Waals surface area contributed by atoms with E-state index in [1.165, 1.54) is 22.2 Å². The summed E-state index contributed by atoms with van der Waals surface area (Å²) >= 11 is 15.6. The minimum atomic E-state index is 0.214. The lowest BCUT2D eigenvalue weighted by Crippen LogP contribution is -2.26. The summed E-state index contributed by atoms with van der Waals surface area (Å²) in [5.74, 6) is 1.59. The topological polar surface area (TPSA) is 61.0 Å². The van der Waals surface area contributed by atoms with Crippen LogP contribution in [0, 0.1) is 5.92 Å². The fraction of sp³-hybridized carbons (Fsp3) is 0.368. The van der Waals surface area contributed by atoms with Crippen molar-refractivity contribution in [1.29, 1.82) is 0 Å². The number of anilines is 1. The fourth-order valence-electron chi connectivity index (χ4n) is 3.19. The molecule has 0 amide bonds. The van der Waals surface area contributed by atoms with Crippen LogP contribution in [-0.2, 0) is 23.5 Å². The van der Waals surface area contributed by atoms with Gasteiger partial charge in [-0.1, -0.05) is 54.9 Å². The largest absolute Gasteiger partial charge is 0.383 e. The van der Waals surface area contributed by atoms with Crippen LogP contribution in [0.3, 0.4) is 0 Å². The Kier molecular flexibility index (Phi) is 5.54. The molecule has 0 spiro atoms. The van der Waals surface area contributed by atoms with Crippen molar-refractivity contribution in [1.82, 2.24) is 9.97 Å². The van der Waals surface area contributed by atoms with Crippen LogP contribution in [0.15, 0.2) is 23.4 Å². The van der Waals surface area contributed by atoms with Crippen molar-refractivity contribution < 1.29 is 4.74 Å². The van der Waals surface area contributed by atoms with Gasteiger partial charge in [-0.3, -0.25) is 0 Å². The molecule has 0 aliphatic carbocycles. The number of nitrogens with two attached hydrogens (primary N) is 1. The lowest BCUT2D eigenvalue weighted by atomic mass is 9.96. The highest BCUT2D eigenvalue weighted by atomic mass is 35.5. The summed E-state index contributed by atoms with van der Waals surface area (Å²) in [6.45, 7) is 4.98. The van der Waals surface area contributed by atoms with E-state index in [0.717, 1.165) is 22.2 Å². The van der Waals surface area contributed by atoms with Gasteiger partial charge in [-0.05, 0) is 29.2 Å². The summed E-state index contributed by atoms with van der Waals surface area (Å²) in [6, 6.07) is 5.50. The minimum Gasteiger partial charge on any atom is -0.383 e. The van der Waals surface area contributed by atoms with Gasteiger partial charge in [-0.25, -0.2) is 9.97 Å². The zero-order chi connectivity index (χ0) is 19.1. The first-order valence-corrected chi connectivity index (χ1v) is 11.2. The standard InChI is InChI=1S/C19H19Cl2N3OS2/c1-9(2)14-6-10-15(7-25-14)27-18-16(10)17(22)23-19(24-18)26-8-11-12(20)4-3-5-13(11)21/h3-5,9,14H,6-8H2,1-2H3,(H2,22,23,24)/t14-/m1/s1. The van der Waals surface area contributed by atoms with Crippen LogP contribution in [0.5, 0.6) is 0 Å². The predicted octanol–water partition coefficient (Wildman–Crippen LogP) is 5.97. The predicted molar refractivity (Wildman–Crippen MR) is 115 cm³/mol. The molecular weight excluding hydrogens is 421 g/mol. The molecule has 8 heteroatoms.